The molecule has 1 heterocycles. The largest absolute Gasteiger partial charge is 0.473 e. The van der Waals surface area contributed by atoms with Crippen molar-refractivity contribution >= 4 is 5.69 Å². The van der Waals surface area contributed by atoms with Gasteiger partial charge in [0.05, 0.1) is 12.8 Å². The monoisotopic (exact) mass is 235 g/mol. The molecule has 1 rings (SSSR count). The predicted octanol–water partition coefficient (Wildman–Crippen LogP) is 1.57. The molecule has 6 nitrogen and oxygen atoms in total. The summed E-state index contributed by atoms with van der Waals surface area (Å²) in [6, 6.07) is 0. The first-order chi connectivity index (χ1) is 7.67. The lowest BCUT2D eigenvalue weighted by atomic mass is 10.5. The van der Waals surface area contributed by atoms with Gasteiger partial charge in [-0.1, -0.05) is 0 Å². The fourth-order valence-corrected chi connectivity index (χ4v) is 1.02. The molecule has 0 aliphatic carbocycles. The third-order valence-corrected chi connectivity index (χ3v) is 1.66. The molecule has 0 radical (unpaired) electrons. The standard InChI is InChI=1S/C8H11F2N3O3/c1-15-2-3-16-8-6(12-14)4-13(11-8)5-7(9)10/h4,7H,2-3,5H2,1H3. The van der Waals surface area contributed by atoms with Crippen LogP contribution in [0.1, 0.15) is 0 Å². The number of hydrogen-bond donors (Lipinski definition) is 0. The molecule has 0 atom stereocenters. The second-order valence-electron chi connectivity index (χ2n) is 2.87. The van der Waals surface area contributed by atoms with E-state index in [9.17, 15) is 13.7 Å². The van der Waals surface area contributed by atoms with Gasteiger partial charge in [-0.25, -0.2) is 8.78 Å². The number of ether oxygens (including phenoxy) is 2. The van der Waals surface area contributed by atoms with E-state index in [0.717, 1.165) is 10.9 Å². The average molecular weight is 235 g/mol. The number of methoxy groups -OCH3 is 1. The van der Waals surface area contributed by atoms with Gasteiger partial charge in [0.2, 0.25) is 0 Å². The number of nitrogens with zero attached hydrogens (tertiary/aromatic N) is 3. The van der Waals surface area contributed by atoms with Crippen molar-refractivity contribution in [2.45, 2.75) is 13.0 Å². The van der Waals surface area contributed by atoms with E-state index >= 15 is 0 Å². The Morgan fingerprint density at radius 2 is 2.31 bits per heavy atom. The summed E-state index contributed by atoms with van der Waals surface area (Å²) in [5.41, 5.74) is -0.100. The first-order valence-corrected chi connectivity index (χ1v) is 4.48. The lowest BCUT2D eigenvalue weighted by Crippen LogP contribution is -2.08. The molecule has 0 fully saturated rings. The van der Waals surface area contributed by atoms with E-state index in [1.807, 2.05) is 0 Å². The van der Waals surface area contributed by atoms with Gasteiger partial charge < -0.3 is 9.47 Å². The summed E-state index contributed by atoms with van der Waals surface area (Å²) in [4.78, 5) is 10.4. The highest BCUT2D eigenvalue weighted by Crippen LogP contribution is 2.25. The highest BCUT2D eigenvalue weighted by Gasteiger charge is 2.13. The highest BCUT2D eigenvalue weighted by atomic mass is 19.3. The number of alkyl halides is 2. The van der Waals surface area contributed by atoms with Crippen molar-refractivity contribution in [2.24, 2.45) is 5.18 Å². The molecule has 8 heteroatoms. The Kier molecular flexibility index (Phi) is 4.77. The summed E-state index contributed by atoms with van der Waals surface area (Å²) >= 11 is 0. The van der Waals surface area contributed by atoms with Crippen LogP contribution in [-0.4, -0.2) is 36.5 Å². The molecule has 1 aromatic rings. The molecule has 0 saturated heterocycles. The Labute approximate surface area is 90.1 Å². The maximum absolute atomic E-state index is 12.0. The molecule has 90 valence electrons. The summed E-state index contributed by atoms with van der Waals surface area (Å²) < 4.78 is 34.8. The molecule has 0 aliphatic rings. The Morgan fingerprint density at radius 3 is 2.88 bits per heavy atom. The number of halogens is 2. The van der Waals surface area contributed by atoms with Gasteiger partial charge in [0.15, 0.2) is 5.69 Å². The predicted molar refractivity (Wildman–Crippen MR) is 51.1 cm³/mol. The van der Waals surface area contributed by atoms with E-state index in [0.29, 0.717) is 6.61 Å². The van der Waals surface area contributed by atoms with Crippen LogP contribution in [0.4, 0.5) is 14.5 Å². The molecule has 0 aromatic carbocycles. The molecule has 0 saturated carbocycles. The molecule has 1 aromatic heterocycles. The first kappa shape index (κ1) is 12.5. The Hall–Kier alpha value is -1.57. The lowest BCUT2D eigenvalue weighted by Gasteiger charge is -2.01. The van der Waals surface area contributed by atoms with Crippen LogP contribution in [0.25, 0.3) is 0 Å². The smallest absolute Gasteiger partial charge is 0.262 e. The van der Waals surface area contributed by atoms with Crippen molar-refractivity contribution in [3.8, 4) is 5.88 Å². The molecule has 0 N–H and O–H groups in total. The van der Waals surface area contributed by atoms with Crippen LogP contribution in [0.2, 0.25) is 0 Å². The molecule has 0 aliphatic heterocycles. The van der Waals surface area contributed by atoms with Crippen molar-refractivity contribution in [2.75, 3.05) is 20.3 Å². The third kappa shape index (κ3) is 3.54. The summed E-state index contributed by atoms with van der Waals surface area (Å²) in [5.74, 6) is -0.0623. The van der Waals surface area contributed by atoms with Crippen LogP contribution in [-0.2, 0) is 11.3 Å². The van der Waals surface area contributed by atoms with Gasteiger partial charge >= 0.3 is 0 Å². The quantitative estimate of drug-likeness (QED) is 0.531. The zero-order valence-electron chi connectivity index (χ0n) is 8.60. The van der Waals surface area contributed by atoms with Crippen LogP contribution in [0, 0.1) is 4.91 Å². The molecule has 0 bridgehead atoms. The van der Waals surface area contributed by atoms with Crippen LogP contribution in [0.15, 0.2) is 11.4 Å². The zero-order chi connectivity index (χ0) is 12.0. The molecular weight excluding hydrogens is 224 g/mol. The maximum Gasteiger partial charge on any atom is 0.262 e. The SMILES string of the molecule is COCCOc1nn(CC(F)F)cc1N=O. The highest BCUT2D eigenvalue weighted by molar-refractivity contribution is 5.44. The molecule has 16 heavy (non-hydrogen) atoms. The minimum absolute atomic E-state index is 0.0623. The number of rotatable bonds is 7. The van der Waals surface area contributed by atoms with Gasteiger partial charge in [0.1, 0.15) is 13.2 Å². The van der Waals surface area contributed by atoms with Crippen LogP contribution < -0.4 is 4.74 Å². The second kappa shape index (κ2) is 6.11. The molecule has 0 amide bonds. The minimum atomic E-state index is -2.55. The van der Waals surface area contributed by atoms with Crippen molar-refractivity contribution < 1.29 is 18.3 Å². The maximum atomic E-state index is 12.0. The van der Waals surface area contributed by atoms with Crippen molar-refractivity contribution in [3.05, 3.63) is 11.1 Å². The van der Waals surface area contributed by atoms with E-state index in [1.165, 1.54) is 7.11 Å². The summed E-state index contributed by atoms with van der Waals surface area (Å²) in [6.45, 7) is -0.124. The average Bonchev–Trinajstić information content (AvgIpc) is 2.60. The van der Waals surface area contributed by atoms with Gasteiger partial charge in [-0.05, 0) is 5.18 Å². The van der Waals surface area contributed by atoms with Crippen molar-refractivity contribution in [1.29, 1.82) is 0 Å². The fourth-order valence-electron chi connectivity index (χ4n) is 1.02. The van der Waals surface area contributed by atoms with E-state index in [4.69, 9.17) is 9.47 Å². The number of nitroso groups, excluding NO2 is 1. The number of hydrogen-bond acceptors (Lipinski definition) is 5. The van der Waals surface area contributed by atoms with Gasteiger partial charge in [-0.15, -0.1) is 10.0 Å². The summed E-state index contributed by atoms with van der Waals surface area (Å²) in [5, 5.41) is 6.29. The van der Waals surface area contributed by atoms with E-state index in [2.05, 4.69) is 10.3 Å². The van der Waals surface area contributed by atoms with Gasteiger partial charge in [-0.2, -0.15) is 0 Å². The Morgan fingerprint density at radius 1 is 1.56 bits per heavy atom. The molecular formula is C8H11F2N3O3. The van der Waals surface area contributed by atoms with Crippen LogP contribution in [0.3, 0.4) is 0 Å². The first-order valence-electron chi connectivity index (χ1n) is 4.48. The lowest BCUT2D eigenvalue weighted by molar-refractivity contribution is 0.119. The topological polar surface area (TPSA) is 65.7 Å². The number of aromatic nitrogens is 2. The Balaban J connectivity index is 2.66. The molecule has 0 spiro atoms. The summed E-state index contributed by atoms with van der Waals surface area (Å²) in [7, 11) is 1.48. The normalized spacial score (nSPS) is 10.8. The van der Waals surface area contributed by atoms with Crippen molar-refractivity contribution in [3.63, 3.8) is 0 Å². The zero-order valence-corrected chi connectivity index (χ0v) is 8.60. The summed E-state index contributed by atoms with van der Waals surface area (Å²) in [6.07, 6.45) is -1.44. The second-order valence-corrected chi connectivity index (χ2v) is 2.87. The van der Waals surface area contributed by atoms with Gasteiger partial charge in [0, 0.05) is 7.11 Å². The third-order valence-electron chi connectivity index (χ3n) is 1.66. The van der Waals surface area contributed by atoms with Gasteiger partial charge in [-0.3, -0.25) is 4.68 Å². The minimum Gasteiger partial charge on any atom is -0.473 e. The Bertz CT molecular complexity index is 343. The van der Waals surface area contributed by atoms with E-state index < -0.39 is 13.0 Å². The van der Waals surface area contributed by atoms with Crippen LogP contribution >= 0.6 is 0 Å². The van der Waals surface area contributed by atoms with Crippen LogP contribution in [0.5, 0.6) is 5.88 Å². The van der Waals surface area contributed by atoms with Gasteiger partial charge in [0.25, 0.3) is 12.3 Å². The van der Waals surface area contributed by atoms with Crippen molar-refractivity contribution in [1.82, 2.24) is 9.78 Å². The van der Waals surface area contributed by atoms with E-state index in [-0.39, 0.29) is 18.2 Å². The fraction of sp³-hybridized carbons (Fsp3) is 0.625. The molecule has 0 unspecified atom stereocenters. The van der Waals surface area contributed by atoms with E-state index in [1.54, 1.807) is 0 Å².